The Morgan fingerprint density at radius 3 is 2.93 bits per heavy atom. The van der Waals surface area contributed by atoms with Crippen molar-refractivity contribution in [2.45, 2.75) is 19.4 Å². The molecule has 0 aromatic carbocycles. The third kappa shape index (κ3) is 2.24. The molecule has 0 saturated heterocycles. The molecule has 0 fully saturated rings. The third-order valence-corrected chi connectivity index (χ3v) is 3.30. The first-order valence-electron chi connectivity index (χ1n) is 4.72. The van der Waals surface area contributed by atoms with Crippen LogP contribution in [-0.2, 0) is 13.5 Å². The van der Waals surface area contributed by atoms with Gasteiger partial charge in [0.15, 0.2) is 0 Å². The number of hydrogen-bond donors (Lipinski definition) is 1. The van der Waals surface area contributed by atoms with Crippen LogP contribution in [0.1, 0.15) is 22.2 Å². The van der Waals surface area contributed by atoms with Crippen LogP contribution in [0.15, 0.2) is 17.9 Å². The summed E-state index contributed by atoms with van der Waals surface area (Å²) in [6, 6.07) is 0. The average Bonchev–Trinajstić information content (AvgIpc) is 2.75. The lowest BCUT2D eigenvalue weighted by Gasteiger charge is -2.06. The van der Waals surface area contributed by atoms with E-state index in [1.54, 1.807) is 16.4 Å². The molecule has 0 aliphatic carbocycles. The highest BCUT2D eigenvalue weighted by atomic mass is 32.1. The van der Waals surface area contributed by atoms with Gasteiger partial charge >= 0.3 is 0 Å². The summed E-state index contributed by atoms with van der Waals surface area (Å²) in [6.45, 7) is 1.91. The normalized spacial score (nSPS) is 13.0. The van der Waals surface area contributed by atoms with Gasteiger partial charge in [-0.1, -0.05) is 0 Å². The number of aliphatic hydroxyl groups is 1. The Kier molecular flexibility index (Phi) is 2.83. The lowest BCUT2D eigenvalue weighted by atomic mass is 10.1. The van der Waals surface area contributed by atoms with E-state index in [0.717, 1.165) is 16.1 Å². The van der Waals surface area contributed by atoms with Crippen molar-refractivity contribution in [3.05, 3.63) is 34.0 Å². The molecule has 0 amide bonds. The summed E-state index contributed by atoms with van der Waals surface area (Å²) in [4.78, 5) is 5.07. The molecule has 4 nitrogen and oxygen atoms in total. The fraction of sp³-hybridized carbons (Fsp3) is 0.400. The first kappa shape index (κ1) is 10.3. The Morgan fingerprint density at radius 2 is 2.40 bits per heavy atom. The summed E-state index contributed by atoms with van der Waals surface area (Å²) in [7, 11) is 1.87. The minimum Gasteiger partial charge on any atom is -0.387 e. The van der Waals surface area contributed by atoms with Crippen LogP contribution in [0.2, 0.25) is 0 Å². The van der Waals surface area contributed by atoms with Gasteiger partial charge in [-0.15, -0.1) is 11.3 Å². The van der Waals surface area contributed by atoms with Crippen LogP contribution in [0.25, 0.3) is 0 Å². The lowest BCUT2D eigenvalue weighted by molar-refractivity contribution is 0.181. The highest BCUT2D eigenvalue weighted by molar-refractivity contribution is 7.09. The van der Waals surface area contributed by atoms with E-state index in [1.807, 2.05) is 20.2 Å². The molecule has 2 heterocycles. The topological polar surface area (TPSA) is 50.9 Å². The number of rotatable bonds is 3. The van der Waals surface area contributed by atoms with E-state index in [9.17, 15) is 5.11 Å². The van der Waals surface area contributed by atoms with Gasteiger partial charge in [0.1, 0.15) is 0 Å². The maximum absolute atomic E-state index is 9.99. The number of aryl methyl sites for hydroxylation is 2. The summed E-state index contributed by atoms with van der Waals surface area (Å²) in [5.74, 6) is 0. The van der Waals surface area contributed by atoms with Crippen molar-refractivity contribution < 1.29 is 5.11 Å². The zero-order valence-electron chi connectivity index (χ0n) is 8.71. The van der Waals surface area contributed by atoms with Crippen LogP contribution in [0.4, 0.5) is 0 Å². The van der Waals surface area contributed by atoms with Gasteiger partial charge in [-0.3, -0.25) is 4.68 Å². The van der Waals surface area contributed by atoms with Crippen molar-refractivity contribution in [2.24, 2.45) is 7.05 Å². The lowest BCUT2D eigenvalue weighted by Crippen LogP contribution is -2.00. The van der Waals surface area contributed by atoms with Gasteiger partial charge in [-0.2, -0.15) is 5.10 Å². The second-order valence-electron chi connectivity index (χ2n) is 3.54. The Hall–Kier alpha value is -1.20. The van der Waals surface area contributed by atoms with Crippen LogP contribution >= 0.6 is 11.3 Å². The number of aliphatic hydroxyl groups excluding tert-OH is 1. The van der Waals surface area contributed by atoms with Gasteiger partial charge < -0.3 is 5.11 Å². The molecule has 1 atom stereocenters. The predicted molar refractivity (Wildman–Crippen MR) is 58.7 cm³/mol. The van der Waals surface area contributed by atoms with Crippen molar-refractivity contribution in [2.75, 3.05) is 0 Å². The highest BCUT2D eigenvalue weighted by Gasteiger charge is 2.14. The molecule has 15 heavy (non-hydrogen) atoms. The monoisotopic (exact) mass is 223 g/mol. The fourth-order valence-electron chi connectivity index (χ4n) is 1.52. The molecule has 5 heteroatoms. The van der Waals surface area contributed by atoms with E-state index < -0.39 is 6.10 Å². The second kappa shape index (κ2) is 4.12. The van der Waals surface area contributed by atoms with Crippen molar-refractivity contribution in [1.82, 2.24) is 14.8 Å². The molecule has 1 unspecified atom stereocenters. The van der Waals surface area contributed by atoms with E-state index >= 15 is 0 Å². The Labute approximate surface area is 92.2 Å². The van der Waals surface area contributed by atoms with E-state index in [4.69, 9.17) is 0 Å². The van der Waals surface area contributed by atoms with E-state index in [1.165, 1.54) is 11.3 Å². The standard InChI is InChI=1S/C10H13N3OS/c1-7-10(15-6-11-7)9(14)3-8-4-12-13(2)5-8/h4-6,9,14H,3H2,1-2H3. The SMILES string of the molecule is Cc1ncsc1C(O)Cc1cnn(C)c1. The molecule has 0 aliphatic rings. The van der Waals surface area contributed by atoms with Crippen LogP contribution < -0.4 is 0 Å². The Bertz CT molecular complexity index is 449. The molecule has 0 radical (unpaired) electrons. The van der Waals surface area contributed by atoms with Gasteiger partial charge in [0.25, 0.3) is 0 Å². The third-order valence-electron chi connectivity index (χ3n) is 2.27. The van der Waals surface area contributed by atoms with Gasteiger partial charge in [0.05, 0.1) is 28.4 Å². The summed E-state index contributed by atoms with van der Waals surface area (Å²) in [5, 5.41) is 14.1. The Balaban J connectivity index is 2.10. The molecule has 0 bridgehead atoms. The second-order valence-corrected chi connectivity index (χ2v) is 4.43. The van der Waals surface area contributed by atoms with Crippen molar-refractivity contribution >= 4 is 11.3 Å². The summed E-state index contributed by atoms with van der Waals surface area (Å²) >= 11 is 1.50. The van der Waals surface area contributed by atoms with Crippen LogP contribution in [0.5, 0.6) is 0 Å². The first-order chi connectivity index (χ1) is 7.16. The molecule has 2 aromatic rings. The molecule has 0 aliphatic heterocycles. The van der Waals surface area contributed by atoms with Crippen LogP contribution in [-0.4, -0.2) is 19.9 Å². The zero-order chi connectivity index (χ0) is 10.8. The number of aromatic nitrogens is 3. The number of thiazole rings is 1. The predicted octanol–water partition coefficient (Wildman–Crippen LogP) is 1.46. The summed E-state index contributed by atoms with van der Waals surface area (Å²) in [5.41, 5.74) is 3.71. The van der Waals surface area contributed by atoms with Gasteiger partial charge in [0, 0.05) is 19.7 Å². The summed E-state index contributed by atoms with van der Waals surface area (Å²) in [6.07, 6.45) is 3.82. The van der Waals surface area contributed by atoms with Crippen molar-refractivity contribution in [3.63, 3.8) is 0 Å². The Morgan fingerprint density at radius 1 is 1.60 bits per heavy atom. The number of nitrogens with zero attached hydrogens (tertiary/aromatic N) is 3. The molecule has 2 rings (SSSR count). The smallest absolute Gasteiger partial charge is 0.0942 e. The van der Waals surface area contributed by atoms with Gasteiger partial charge in [0.2, 0.25) is 0 Å². The van der Waals surface area contributed by atoms with Crippen LogP contribution in [0, 0.1) is 6.92 Å². The zero-order valence-corrected chi connectivity index (χ0v) is 9.53. The van der Waals surface area contributed by atoms with Gasteiger partial charge in [-0.25, -0.2) is 4.98 Å². The molecule has 0 spiro atoms. The maximum atomic E-state index is 9.99. The largest absolute Gasteiger partial charge is 0.387 e. The maximum Gasteiger partial charge on any atom is 0.0942 e. The molecular formula is C10H13N3OS. The minimum absolute atomic E-state index is 0.471. The molecule has 80 valence electrons. The molecule has 1 N–H and O–H groups in total. The van der Waals surface area contributed by atoms with Crippen molar-refractivity contribution in [3.8, 4) is 0 Å². The molecule has 2 aromatic heterocycles. The highest BCUT2D eigenvalue weighted by Crippen LogP contribution is 2.24. The van der Waals surface area contributed by atoms with E-state index in [-0.39, 0.29) is 0 Å². The quantitative estimate of drug-likeness (QED) is 0.857. The fourth-order valence-corrected chi connectivity index (χ4v) is 2.31. The average molecular weight is 223 g/mol. The molecule has 0 saturated carbocycles. The van der Waals surface area contributed by atoms with Crippen LogP contribution in [0.3, 0.4) is 0 Å². The molecular weight excluding hydrogens is 210 g/mol. The first-order valence-corrected chi connectivity index (χ1v) is 5.60. The summed E-state index contributed by atoms with van der Waals surface area (Å²) < 4.78 is 1.74. The number of hydrogen-bond acceptors (Lipinski definition) is 4. The van der Waals surface area contributed by atoms with Crippen molar-refractivity contribution in [1.29, 1.82) is 0 Å². The minimum atomic E-state index is -0.471. The van der Waals surface area contributed by atoms with E-state index in [2.05, 4.69) is 10.1 Å². The van der Waals surface area contributed by atoms with E-state index in [0.29, 0.717) is 6.42 Å². The van der Waals surface area contributed by atoms with Gasteiger partial charge in [-0.05, 0) is 12.5 Å².